The zero-order valence-corrected chi connectivity index (χ0v) is 9.42. The Bertz CT molecular complexity index is 252. The van der Waals surface area contributed by atoms with Crippen molar-refractivity contribution in [1.29, 1.82) is 0 Å². The fourth-order valence-electron chi connectivity index (χ4n) is 1.17. The molecule has 0 saturated carbocycles. The molecule has 5 heteroatoms. The Morgan fingerprint density at radius 2 is 1.93 bits per heavy atom. The van der Waals surface area contributed by atoms with Crippen LogP contribution in [-0.2, 0) is 14.3 Å². The van der Waals surface area contributed by atoms with E-state index in [0.717, 1.165) is 12.8 Å². The highest BCUT2D eigenvalue weighted by Gasteiger charge is 2.26. The Labute approximate surface area is 89.5 Å². The van der Waals surface area contributed by atoms with E-state index in [9.17, 15) is 9.59 Å². The first-order chi connectivity index (χ1) is 6.91. The van der Waals surface area contributed by atoms with Gasteiger partial charge in [-0.15, -0.1) is 0 Å². The Hall–Kier alpha value is -1.10. The number of amides is 2. The summed E-state index contributed by atoms with van der Waals surface area (Å²) in [5.41, 5.74) is 4.24. The van der Waals surface area contributed by atoms with Crippen LogP contribution in [0.25, 0.3) is 0 Å². The van der Waals surface area contributed by atoms with Crippen molar-refractivity contribution in [3.05, 3.63) is 0 Å². The number of carbonyl (C=O) groups excluding carboxylic acids is 2. The number of hydrogen-bond donors (Lipinski definition) is 2. The molecule has 1 fully saturated rings. The third kappa shape index (κ3) is 3.51. The summed E-state index contributed by atoms with van der Waals surface area (Å²) in [5, 5.41) is 0. The van der Waals surface area contributed by atoms with Crippen LogP contribution in [0, 0.1) is 5.41 Å². The number of nitrogens with one attached hydrogen (secondary N) is 2. The third-order valence-electron chi connectivity index (χ3n) is 2.20. The van der Waals surface area contributed by atoms with Crippen LogP contribution in [0.4, 0.5) is 0 Å². The van der Waals surface area contributed by atoms with Gasteiger partial charge in [0, 0.05) is 12.0 Å². The molecule has 0 aromatic rings. The van der Waals surface area contributed by atoms with Gasteiger partial charge in [0.25, 0.3) is 5.91 Å². The van der Waals surface area contributed by atoms with Gasteiger partial charge in [-0.1, -0.05) is 20.8 Å². The molecule has 2 amide bonds. The second-order valence-corrected chi connectivity index (χ2v) is 4.70. The predicted octanol–water partition coefficient (Wildman–Crippen LogP) is 0.359. The maximum atomic E-state index is 11.4. The fourth-order valence-corrected chi connectivity index (χ4v) is 1.17. The van der Waals surface area contributed by atoms with Crippen LogP contribution >= 0.6 is 0 Å². The summed E-state index contributed by atoms with van der Waals surface area (Å²) >= 11 is 0. The summed E-state index contributed by atoms with van der Waals surface area (Å²) in [4.78, 5) is 22.8. The van der Waals surface area contributed by atoms with Gasteiger partial charge in [0.2, 0.25) is 5.91 Å². The van der Waals surface area contributed by atoms with E-state index in [1.54, 1.807) is 20.8 Å². The topological polar surface area (TPSA) is 67.4 Å². The van der Waals surface area contributed by atoms with Crippen LogP contribution in [0.3, 0.4) is 0 Å². The SMILES string of the molecule is CC(C)(C)C(=O)NNC(=O)C1CCCO1. The Kier molecular flexibility index (Phi) is 3.68. The molecule has 1 atom stereocenters. The third-order valence-corrected chi connectivity index (χ3v) is 2.20. The van der Waals surface area contributed by atoms with Crippen LogP contribution in [0.2, 0.25) is 0 Å². The molecule has 0 bridgehead atoms. The van der Waals surface area contributed by atoms with Gasteiger partial charge in [-0.3, -0.25) is 20.4 Å². The maximum Gasteiger partial charge on any atom is 0.267 e. The molecule has 1 saturated heterocycles. The first-order valence-electron chi connectivity index (χ1n) is 5.13. The molecule has 0 aromatic carbocycles. The molecule has 0 radical (unpaired) electrons. The first kappa shape index (κ1) is 12.0. The summed E-state index contributed by atoms with van der Waals surface area (Å²) in [6.07, 6.45) is 1.20. The molecule has 1 aliphatic rings. The lowest BCUT2D eigenvalue weighted by atomic mass is 9.96. The van der Waals surface area contributed by atoms with Crippen molar-refractivity contribution in [2.45, 2.75) is 39.7 Å². The highest BCUT2D eigenvalue weighted by atomic mass is 16.5. The summed E-state index contributed by atoms with van der Waals surface area (Å²) in [7, 11) is 0. The second-order valence-electron chi connectivity index (χ2n) is 4.70. The zero-order chi connectivity index (χ0) is 11.5. The smallest absolute Gasteiger partial charge is 0.267 e. The van der Waals surface area contributed by atoms with Gasteiger partial charge < -0.3 is 4.74 Å². The van der Waals surface area contributed by atoms with Crippen LogP contribution in [0.1, 0.15) is 33.6 Å². The van der Waals surface area contributed by atoms with Gasteiger partial charge in [0.05, 0.1) is 0 Å². The number of carbonyl (C=O) groups is 2. The minimum Gasteiger partial charge on any atom is -0.368 e. The van der Waals surface area contributed by atoms with Gasteiger partial charge in [0.15, 0.2) is 0 Å². The average molecular weight is 214 g/mol. The van der Waals surface area contributed by atoms with Crippen molar-refractivity contribution >= 4 is 11.8 Å². The van der Waals surface area contributed by atoms with E-state index in [2.05, 4.69) is 10.9 Å². The molecule has 1 unspecified atom stereocenters. The van der Waals surface area contributed by atoms with Crippen molar-refractivity contribution in [3.63, 3.8) is 0 Å². The fraction of sp³-hybridized carbons (Fsp3) is 0.800. The number of rotatable bonds is 1. The van der Waals surface area contributed by atoms with Crippen molar-refractivity contribution in [2.75, 3.05) is 6.61 Å². The molecule has 86 valence electrons. The van der Waals surface area contributed by atoms with Crippen LogP contribution in [-0.4, -0.2) is 24.5 Å². The van der Waals surface area contributed by atoms with Crippen LogP contribution < -0.4 is 10.9 Å². The average Bonchev–Trinajstić information content (AvgIpc) is 2.64. The summed E-state index contributed by atoms with van der Waals surface area (Å²) in [5.74, 6) is -0.487. The van der Waals surface area contributed by atoms with Gasteiger partial charge in [0.1, 0.15) is 6.10 Å². The molecule has 1 aliphatic heterocycles. The van der Waals surface area contributed by atoms with Gasteiger partial charge in [-0.25, -0.2) is 0 Å². The van der Waals surface area contributed by atoms with E-state index < -0.39 is 11.5 Å². The monoisotopic (exact) mass is 214 g/mol. The van der Waals surface area contributed by atoms with Crippen molar-refractivity contribution in [3.8, 4) is 0 Å². The molecule has 1 heterocycles. The van der Waals surface area contributed by atoms with Gasteiger partial charge in [-0.05, 0) is 12.8 Å². The minimum absolute atomic E-state index is 0.214. The molecule has 0 aliphatic carbocycles. The van der Waals surface area contributed by atoms with Crippen LogP contribution in [0.15, 0.2) is 0 Å². The van der Waals surface area contributed by atoms with E-state index in [1.807, 2.05) is 0 Å². The molecule has 15 heavy (non-hydrogen) atoms. The highest BCUT2D eigenvalue weighted by Crippen LogP contribution is 2.13. The minimum atomic E-state index is -0.510. The molecular formula is C10H18N2O3. The van der Waals surface area contributed by atoms with Crippen molar-refractivity contribution in [2.24, 2.45) is 5.41 Å². The van der Waals surface area contributed by atoms with Crippen LogP contribution in [0.5, 0.6) is 0 Å². The van der Waals surface area contributed by atoms with E-state index in [-0.39, 0.29) is 11.8 Å². The summed E-state index contributed by atoms with van der Waals surface area (Å²) in [6, 6.07) is 0. The lowest BCUT2D eigenvalue weighted by Gasteiger charge is -2.18. The number of ether oxygens (including phenoxy) is 1. The first-order valence-corrected chi connectivity index (χ1v) is 5.13. The van der Waals surface area contributed by atoms with E-state index in [0.29, 0.717) is 6.61 Å². The molecule has 2 N–H and O–H groups in total. The van der Waals surface area contributed by atoms with E-state index in [4.69, 9.17) is 4.74 Å². The van der Waals surface area contributed by atoms with E-state index >= 15 is 0 Å². The van der Waals surface area contributed by atoms with Crippen molar-refractivity contribution < 1.29 is 14.3 Å². The molecule has 5 nitrogen and oxygen atoms in total. The zero-order valence-electron chi connectivity index (χ0n) is 9.42. The largest absolute Gasteiger partial charge is 0.368 e. The normalized spacial score (nSPS) is 21.1. The predicted molar refractivity (Wildman–Crippen MR) is 54.7 cm³/mol. The number of hydrazine groups is 1. The molecule has 0 aromatic heterocycles. The molecule has 0 spiro atoms. The Morgan fingerprint density at radius 1 is 1.27 bits per heavy atom. The summed E-state index contributed by atoms with van der Waals surface area (Å²) in [6.45, 7) is 5.95. The van der Waals surface area contributed by atoms with Crippen molar-refractivity contribution in [1.82, 2.24) is 10.9 Å². The van der Waals surface area contributed by atoms with Gasteiger partial charge >= 0.3 is 0 Å². The highest BCUT2D eigenvalue weighted by molar-refractivity contribution is 5.86. The molecule has 1 rings (SSSR count). The number of hydrogen-bond acceptors (Lipinski definition) is 3. The maximum absolute atomic E-state index is 11.4. The lowest BCUT2D eigenvalue weighted by molar-refractivity contribution is -0.137. The Balaban J connectivity index is 2.30. The van der Waals surface area contributed by atoms with E-state index in [1.165, 1.54) is 0 Å². The second kappa shape index (κ2) is 4.61. The quantitative estimate of drug-likeness (QED) is 0.619. The molecular weight excluding hydrogens is 196 g/mol. The Morgan fingerprint density at radius 3 is 2.40 bits per heavy atom. The van der Waals surface area contributed by atoms with Gasteiger partial charge in [-0.2, -0.15) is 0 Å². The lowest BCUT2D eigenvalue weighted by Crippen LogP contribution is -2.49. The standard InChI is InChI=1S/C10H18N2O3/c1-10(2,3)9(14)12-11-8(13)7-5-4-6-15-7/h7H,4-6H2,1-3H3,(H,11,13)(H,12,14). The summed E-state index contributed by atoms with van der Waals surface area (Å²) < 4.78 is 5.17.